The van der Waals surface area contributed by atoms with E-state index in [4.69, 9.17) is 11.6 Å². The quantitative estimate of drug-likeness (QED) is 0.710. The fourth-order valence-corrected chi connectivity index (χ4v) is 0.972. The molecule has 0 atom stereocenters. The molecular formula is C7H5ClF3NO. The largest absolute Gasteiger partial charge is 0.421 e. The summed E-state index contributed by atoms with van der Waals surface area (Å²) in [5.41, 5.74) is -2.10. The molecule has 1 aromatic heterocycles. The molecule has 0 saturated heterocycles. The second-order valence-electron chi connectivity index (χ2n) is 2.36. The Morgan fingerprint density at radius 3 is 2.38 bits per heavy atom. The van der Waals surface area contributed by atoms with Gasteiger partial charge in [-0.3, -0.25) is 4.79 Å². The number of hydrogen-bond donors (Lipinski definition) is 1. The highest BCUT2D eigenvalue weighted by Gasteiger charge is 2.33. The van der Waals surface area contributed by atoms with Crippen molar-refractivity contribution < 1.29 is 13.2 Å². The van der Waals surface area contributed by atoms with Crippen molar-refractivity contribution in [1.82, 2.24) is 4.98 Å². The van der Waals surface area contributed by atoms with Crippen LogP contribution in [0, 0.1) is 0 Å². The number of nitrogens with one attached hydrogen (secondary N) is 1. The highest BCUT2D eigenvalue weighted by molar-refractivity contribution is 6.16. The van der Waals surface area contributed by atoms with Crippen LogP contribution in [-0.4, -0.2) is 4.98 Å². The Hall–Kier alpha value is -0.970. The molecule has 0 aromatic carbocycles. The van der Waals surface area contributed by atoms with Crippen LogP contribution in [0.25, 0.3) is 0 Å². The number of aromatic amines is 1. The van der Waals surface area contributed by atoms with E-state index in [2.05, 4.69) is 0 Å². The molecule has 13 heavy (non-hydrogen) atoms. The van der Waals surface area contributed by atoms with E-state index in [9.17, 15) is 18.0 Å². The van der Waals surface area contributed by atoms with Crippen molar-refractivity contribution in [3.05, 3.63) is 33.7 Å². The average Bonchev–Trinajstić information content (AvgIpc) is 2.01. The van der Waals surface area contributed by atoms with Gasteiger partial charge in [-0.15, -0.1) is 11.6 Å². The van der Waals surface area contributed by atoms with Crippen LogP contribution < -0.4 is 5.56 Å². The summed E-state index contributed by atoms with van der Waals surface area (Å²) in [6.07, 6.45) is -4.61. The third-order valence-electron chi connectivity index (χ3n) is 1.42. The van der Waals surface area contributed by atoms with Gasteiger partial charge in [0, 0.05) is 5.69 Å². The van der Waals surface area contributed by atoms with E-state index < -0.39 is 17.3 Å². The van der Waals surface area contributed by atoms with Crippen molar-refractivity contribution in [2.24, 2.45) is 0 Å². The summed E-state index contributed by atoms with van der Waals surface area (Å²) in [5.74, 6) is -0.0205. The number of H-pyrrole nitrogens is 1. The van der Waals surface area contributed by atoms with Gasteiger partial charge in [-0.2, -0.15) is 13.2 Å². The van der Waals surface area contributed by atoms with E-state index in [1.807, 2.05) is 4.98 Å². The second-order valence-corrected chi connectivity index (χ2v) is 2.63. The molecule has 0 aliphatic rings. The molecule has 1 heterocycles. The molecule has 0 aliphatic heterocycles. The van der Waals surface area contributed by atoms with Crippen molar-refractivity contribution >= 4 is 11.6 Å². The van der Waals surface area contributed by atoms with Gasteiger partial charge < -0.3 is 4.98 Å². The van der Waals surface area contributed by atoms with Gasteiger partial charge in [0.2, 0.25) is 0 Å². The highest BCUT2D eigenvalue weighted by atomic mass is 35.5. The Balaban J connectivity index is 3.21. The minimum atomic E-state index is -4.61. The molecule has 0 saturated carbocycles. The standard InChI is InChI=1S/C7H5ClF3NO/c8-3-4-1-2-5(6(13)12-4)7(9,10)11/h1-2H,3H2,(H,12,13). The molecule has 0 unspecified atom stereocenters. The SMILES string of the molecule is O=c1[nH]c(CCl)ccc1C(F)(F)F. The first-order valence-corrected chi connectivity index (χ1v) is 3.84. The first-order valence-electron chi connectivity index (χ1n) is 3.30. The maximum atomic E-state index is 12.0. The summed E-state index contributed by atoms with van der Waals surface area (Å²) < 4.78 is 36.1. The molecule has 2 nitrogen and oxygen atoms in total. The van der Waals surface area contributed by atoms with Gasteiger partial charge in [0.1, 0.15) is 5.56 Å². The summed E-state index contributed by atoms with van der Waals surface area (Å²) in [6.45, 7) is 0. The van der Waals surface area contributed by atoms with E-state index in [1.54, 1.807) is 0 Å². The molecule has 1 aromatic rings. The molecule has 0 radical (unpaired) electrons. The van der Waals surface area contributed by atoms with Crippen LogP contribution in [-0.2, 0) is 12.1 Å². The Morgan fingerprint density at radius 1 is 1.38 bits per heavy atom. The maximum absolute atomic E-state index is 12.0. The van der Waals surface area contributed by atoms with Gasteiger partial charge in [-0.1, -0.05) is 0 Å². The molecule has 0 spiro atoms. The van der Waals surface area contributed by atoms with Gasteiger partial charge in [0.25, 0.3) is 5.56 Å². The number of halogens is 4. The molecule has 0 fully saturated rings. The predicted molar refractivity (Wildman–Crippen MR) is 41.6 cm³/mol. The number of pyridine rings is 1. The van der Waals surface area contributed by atoms with Crippen molar-refractivity contribution in [2.45, 2.75) is 12.1 Å². The van der Waals surface area contributed by atoms with Crippen molar-refractivity contribution in [1.29, 1.82) is 0 Å². The van der Waals surface area contributed by atoms with Gasteiger partial charge in [-0.05, 0) is 12.1 Å². The van der Waals surface area contributed by atoms with E-state index in [0.717, 1.165) is 12.1 Å². The number of hydrogen-bond acceptors (Lipinski definition) is 1. The molecule has 0 aliphatic carbocycles. The fraction of sp³-hybridized carbons (Fsp3) is 0.286. The Kier molecular flexibility index (Phi) is 2.66. The zero-order valence-corrected chi connectivity index (χ0v) is 7.04. The predicted octanol–water partition coefficient (Wildman–Crippen LogP) is 2.13. The lowest BCUT2D eigenvalue weighted by Crippen LogP contribution is -2.21. The first kappa shape index (κ1) is 10.1. The van der Waals surface area contributed by atoms with Gasteiger partial charge >= 0.3 is 6.18 Å². The van der Waals surface area contributed by atoms with E-state index in [0.29, 0.717) is 0 Å². The van der Waals surface area contributed by atoms with Crippen molar-refractivity contribution in [2.75, 3.05) is 0 Å². The monoisotopic (exact) mass is 211 g/mol. The lowest BCUT2D eigenvalue weighted by atomic mass is 10.2. The molecule has 72 valence electrons. The second kappa shape index (κ2) is 3.41. The normalized spacial score (nSPS) is 11.7. The van der Waals surface area contributed by atoms with Crippen molar-refractivity contribution in [3.8, 4) is 0 Å². The fourth-order valence-electron chi connectivity index (χ4n) is 0.816. The smallest absolute Gasteiger partial charge is 0.324 e. The first-order chi connectivity index (χ1) is 5.95. The van der Waals surface area contributed by atoms with Crippen LogP contribution in [0.15, 0.2) is 16.9 Å². The zero-order valence-electron chi connectivity index (χ0n) is 6.28. The highest BCUT2D eigenvalue weighted by Crippen LogP contribution is 2.25. The Labute approximate surface area is 76.3 Å². The lowest BCUT2D eigenvalue weighted by molar-refractivity contribution is -0.138. The summed E-state index contributed by atoms with van der Waals surface area (Å²) in [6, 6.07) is 1.85. The minimum absolute atomic E-state index is 0.0205. The van der Waals surface area contributed by atoms with Gasteiger partial charge in [0.15, 0.2) is 0 Å². The zero-order chi connectivity index (χ0) is 10.1. The van der Waals surface area contributed by atoms with Gasteiger partial charge in [0.05, 0.1) is 5.88 Å². The molecule has 1 rings (SSSR count). The van der Waals surface area contributed by atoms with Gasteiger partial charge in [-0.25, -0.2) is 0 Å². The molecule has 6 heteroatoms. The van der Waals surface area contributed by atoms with Crippen LogP contribution in [0.5, 0.6) is 0 Å². The average molecular weight is 212 g/mol. The summed E-state index contributed by atoms with van der Waals surface area (Å²) in [7, 11) is 0. The Morgan fingerprint density at radius 2 is 2.00 bits per heavy atom. The van der Waals surface area contributed by atoms with Crippen molar-refractivity contribution in [3.63, 3.8) is 0 Å². The number of rotatable bonds is 1. The summed E-state index contributed by atoms with van der Waals surface area (Å²) in [4.78, 5) is 12.8. The molecule has 0 amide bonds. The topological polar surface area (TPSA) is 32.9 Å². The van der Waals surface area contributed by atoms with E-state index in [1.165, 1.54) is 0 Å². The van der Waals surface area contributed by atoms with E-state index >= 15 is 0 Å². The van der Waals surface area contributed by atoms with Crippen LogP contribution >= 0.6 is 11.6 Å². The number of alkyl halides is 4. The lowest BCUT2D eigenvalue weighted by Gasteiger charge is -2.05. The van der Waals surface area contributed by atoms with Crippen LogP contribution in [0.4, 0.5) is 13.2 Å². The molecule has 1 N–H and O–H groups in total. The third-order valence-corrected chi connectivity index (χ3v) is 1.71. The summed E-state index contributed by atoms with van der Waals surface area (Å²) >= 11 is 5.31. The Bertz CT molecular complexity index is 357. The van der Waals surface area contributed by atoms with Crippen LogP contribution in [0.3, 0.4) is 0 Å². The van der Waals surface area contributed by atoms with Crippen LogP contribution in [0.1, 0.15) is 11.3 Å². The molecular weight excluding hydrogens is 207 g/mol. The number of aromatic nitrogens is 1. The van der Waals surface area contributed by atoms with Crippen LogP contribution in [0.2, 0.25) is 0 Å². The minimum Gasteiger partial charge on any atom is -0.324 e. The third kappa shape index (κ3) is 2.24. The summed E-state index contributed by atoms with van der Waals surface area (Å²) in [5, 5.41) is 0. The molecule has 0 bridgehead atoms. The maximum Gasteiger partial charge on any atom is 0.421 e. The van der Waals surface area contributed by atoms with E-state index in [-0.39, 0.29) is 11.6 Å².